The van der Waals surface area contributed by atoms with Crippen molar-refractivity contribution in [3.8, 4) is 5.75 Å². The van der Waals surface area contributed by atoms with Gasteiger partial charge < -0.3 is 10.1 Å². The van der Waals surface area contributed by atoms with Crippen molar-refractivity contribution in [2.24, 2.45) is 0 Å². The first-order valence-corrected chi connectivity index (χ1v) is 11.8. The largest absolute Gasteiger partial charge is 0.497 e. The van der Waals surface area contributed by atoms with E-state index in [2.05, 4.69) is 34.2 Å². The Kier molecular flexibility index (Phi) is 6.32. The molecule has 0 unspecified atom stereocenters. The van der Waals surface area contributed by atoms with Gasteiger partial charge in [-0.3, -0.25) is 19.0 Å². The van der Waals surface area contributed by atoms with Crippen LogP contribution in [0.2, 0.25) is 0 Å². The predicted octanol–water partition coefficient (Wildman–Crippen LogP) is 3.55. The Morgan fingerprint density at radius 2 is 1.79 bits per heavy atom. The van der Waals surface area contributed by atoms with E-state index in [-0.39, 0.29) is 5.91 Å². The highest BCUT2D eigenvalue weighted by Crippen LogP contribution is 2.25. The van der Waals surface area contributed by atoms with Crippen LogP contribution in [0.5, 0.6) is 5.75 Å². The maximum Gasteiger partial charge on any atom is 0.238 e. The highest BCUT2D eigenvalue weighted by molar-refractivity contribution is 7.71. The summed E-state index contributed by atoms with van der Waals surface area (Å²) in [5, 5.41) is 8.89. The standard InChI is InChI=1S/C25H28N6O2S/c1-18-14-23-27-30(25(34)31(23)22-15-20(33-2)8-9-21(18)22)17-29-12-10-28(11-13-29)16-24(32)26-19-6-4-3-5-7-19/h3-9,14-15H,10-13,16-17H2,1-2H3,(H,26,32). The quantitative estimate of drug-likeness (QED) is 0.430. The van der Waals surface area contributed by atoms with Crippen molar-refractivity contribution in [1.82, 2.24) is 24.0 Å². The molecular weight excluding hydrogens is 448 g/mol. The number of benzene rings is 2. The van der Waals surface area contributed by atoms with Gasteiger partial charge in [0.2, 0.25) is 10.7 Å². The number of anilines is 1. The minimum Gasteiger partial charge on any atom is -0.497 e. The Morgan fingerprint density at radius 3 is 2.53 bits per heavy atom. The minimum atomic E-state index is 0.0138. The van der Waals surface area contributed by atoms with Crippen LogP contribution in [0.15, 0.2) is 54.6 Å². The van der Waals surface area contributed by atoms with Crippen molar-refractivity contribution in [1.29, 1.82) is 0 Å². The molecule has 2 aromatic carbocycles. The van der Waals surface area contributed by atoms with Crippen LogP contribution in [0.4, 0.5) is 5.69 Å². The molecule has 9 heteroatoms. The number of hydrogen-bond donors (Lipinski definition) is 1. The number of nitrogens with zero attached hydrogens (tertiary/aromatic N) is 5. The molecule has 0 atom stereocenters. The van der Waals surface area contributed by atoms with Crippen LogP contribution in [0.1, 0.15) is 5.56 Å². The fraction of sp³-hybridized carbons (Fsp3) is 0.320. The summed E-state index contributed by atoms with van der Waals surface area (Å²) < 4.78 is 10.0. The molecule has 2 aromatic heterocycles. The van der Waals surface area contributed by atoms with E-state index in [0.717, 1.165) is 59.7 Å². The van der Waals surface area contributed by atoms with Gasteiger partial charge >= 0.3 is 0 Å². The number of hydrogen-bond acceptors (Lipinski definition) is 6. The Bertz CT molecular complexity index is 1390. The second-order valence-corrected chi connectivity index (χ2v) is 9.00. The molecule has 8 nitrogen and oxygen atoms in total. The highest BCUT2D eigenvalue weighted by atomic mass is 32.1. The second-order valence-electron chi connectivity index (χ2n) is 8.64. The lowest BCUT2D eigenvalue weighted by molar-refractivity contribution is -0.117. The van der Waals surface area contributed by atoms with E-state index in [9.17, 15) is 4.79 Å². The summed E-state index contributed by atoms with van der Waals surface area (Å²) in [6, 6.07) is 17.7. The number of ether oxygens (including phenoxy) is 1. The number of rotatable bonds is 6. The summed E-state index contributed by atoms with van der Waals surface area (Å²) >= 11 is 5.82. The summed E-state index contributed by atoms with van der Waals surface area (Å²) in [4.78, 5) is 16.9. The fourth-order valence-electron chi connectivity index (χ4n) is 4.47. The first kappa shape index (κ1) is 22.5. The van der Waals surface area contributed by atoms with Gasteiger partial charge in [-0.05, 0) is 55.0 Å². The Labute approximate surface area is 203 Å². The monoisotopic (exact) mass is 476 g/mol. The SMILES string of the molecule is COc1ccc2c(C)cc3nn(CN4CCN(CC(=O)Nc5ccccc5)CC4)c(=S)n3c2c1. The zero-order valence-electron chi connectivity index (χ0n) is 19.4. The summed E-state index contributed by atoms with van der Waals surface area (Å²) in [6.45, 7) is 6.44. The van der Waals surface area contributed by atoms with Crippen LogP contribution in [-0.4, -0.2) is 69.7 Å². The highest BCUT2D eigenvalue weighted by Gasteiger charge is 2.20. The van der Waals surface area contributed by atoms with Gasteiger partial charge in [0.05, 0.1) is 25.8 Å². The van der Waals surface area contributed by atoms with Crippen molar-refractivity contribution < 1.29 is 9.53 Å². The number of pyridine rings is 1. The number of fused-ring (bicyclic) bond motifs is 3. The van der Waals surface area contributed by atoms with Crippen LogP contribution in [0.3, 0.4) is 0 Å². The lowest BCUT2D eigenvalue weighted by Crippen LogP contribution is -2.48. The van der Waals surface area contributed by atoms with Gasteiger partial charge in [-0.25, -0.2) is 4.68 Å². The molecule has 0 bridgehead atoms. The topological polar surface area (TPSA) is 67.0 Å². The zero-order chi connectivity index (χ0) is 23.7. The number of carbonyl (C=O) groups is 1. The van der Waals surface area contributed by atoms with E-state index < -0.39 is 0 Å². The van der Waals surface area contributed by atoms with E-state index in [0.29, 0.717) is 18.0 Å². The molecule has 0 radical (unpaired) electrons. The van der Waals surface area contributed by atoms with Gasteiger partial charge in [0, 0.05) is 43.3 Å². The number of aryl methyl sites for hydroxylation is 1. The summed E-state index contributed by atoms with van der Waals surface area (Å²) in [5.41, 5.74) is 3.81. The lowest BCUT2D eigenvalue weighted by Gasteiger charge is -2.33. The molecule has 4 aromatic rings. The Hall–Kier alpha value is -3.27. The van der Waals surface area contributed by atoms with Crippen molar-refractivity contribution in [2.75, 3.05) is 45.2 Å². The van der Waals surface area contributed by atoms with Gasteiger partial charge in [0.15, 0.2) is 5.65 Å². The number of carbonyl (C=O) groups excluding carboxylic acids is 1. The Morgan fingerprint density at radius 1 is 1.06 bits per heavy atom. The molecule has 176 valence electrons. The number of methoxy groups -OCH3 is 1. The average Bonchev–Trinajstić information content (AvgIpc) is 3.15. The maximum atomic E-state index is 12.4. The number of nitrogens with one attached hydrogen (secondary N) is 1. The van der Waals surface area contributed by atoms with Crippen LogP contribution >= 0.6 is 12.2 Å². The predicted molar refractivity (Wildman–Crippen MR) is 136 cm³/mol. The summed E-state index contributed by atoms with van der Waals surface area (Å²) in [5.74, 6) is 0.807. The van der Waals surface area contributed by atoms with Gasteiger partial charge in [-0.15, -0.1) is 0 Å². The molecule has 34 heavy (non-hydrogen) atoms. The first-order chi connectivity index (χ1) is 16.5. The lowest BCUT2D eigenvalue weighted by atomic mass is 10.1. The molecule has 3 heterocycles. The molecule has 1 amide bonds. The summed E-state index contributed by atoms with van der Waals surface area (Å²) in [7, 11) is 1.67. The second kappa shape index (κ2) is 9.54. The number of piperazine rings is 1. The molecule has 5 rings (SSSR count). The number of amides is 1. The van der Waals surface area contributed by atoms with E-state index in [4.69, 9.17) is 22.1 Å². The van der Waals surface area contributed by atoms with Gasteiger partial charge in [0.25, 0.3) is 0 Å². The van der Waals surface area contributed by atoms with Crippen LogP contribution in [0, 0.1) is 11.7 Å². The molecule has 1 aliphatic heterocycles. The summed E-state index contributed by atoms with van der Waals surface area (Å²) in [6.07, 6.45) is 0. The third-order valence-corrected chi connectivity index (χ3v) is 6.70. The molecule has 0 aliphatic carbocycles. The molecule has 0 saturated carbocycles. The third-order valence-electron chi connectivity index (χ3n) is 6.30. The number of para-hydroxylation sites is 1. The fourth-order valence-corrected chi connectivity index (χ4v) is 4.76. The normalized spacial score (nSPS) is 15.1. The number of aromatic nitrogens is 3. The average molecular weight is 477 g/mol. The zero-order valence-corrected chi connectivity index (χ0v) is 20.2. The molecule has 1 saturated heterocycles. The van der Waals surface area contributed by atoms with E-state index >= 15 is 0 Å². The molecule has 1 N–H and O–H groups in total. The molecule has 1 fully saturated rings. The Balaban J connectivity index is 1.26. The van der Waals surface area contributed by atoms with E-state index in [1.165, 1.54) is 0 Å². The van der Waals surface area contributed by atoms with Gasteiger partial charge in [-0.2, -0.15) is 5.10 Å². The first-order valence-electron chi connectivity index (χ1n) is 11.4. The van der Waals surface area contributed by atoms with Crippen LogP contribution in [-0.2, 0) is 11.5 Å². The van der Waals surface area contributed by atoms with Crippen molar-refractivity contribution in [3.63, 3.8) is 0 Å². The maximum absolute atomic E-state index is 12.4. The smallest absolute Gasteiger partial charge is 0.238 e. The minimum absolute atomic E-state index is 0.0138. The molecule has 0 spiro atoms. The molecular formula is C25H28N6O2S. The van der Waals surface area contributed by atoms with Crippen LogP contribution in [0.25, 0.3) is 16.6 Å². The van der Waals surface area contributed by atoms with Crippen molar-refractivity contribution >= 4 is 40.4 Å². The van der Waals surface area contributed by atoms with Gasteiger partial charge in [-0.1, -0.05) is 18.2 Å². The van der Waals surface area contributed by atoms with Crippen molar-refractivity contribution in [3.05, 3.63) is 64.9 Å². The van der Waals surface area contributed by atoms with E-state index in [1.807, 2.05) is 51.5 Å². The van der Waals surface area contributed by atoms with Crippen LogP contribution < -0.4 is 10.1 Å². The van der Waals surface area contributed by atoms with E-state index in [1.54, 1.807) is 7.11 Å². The van der Waals surface area contributed by atoms with Gasteiger partial charge in [0.1, 0.15) is 5.75 Å². The third kappa shape index (κ3) is 4.54. The van der Waals surface area contributed by atoms with Crippen molar-refractivity contribution in [2.45, 2.75) is 13.6 Å². The molecule has 1 aliphatic rings.